The quantitative estimate of drug-likeness (QED) is 0.902. The molecule has 0 fully saturated rings. The van der Waals surface area contributed by atoms with Gasteiger partial charge in [-0.05, 0) is 49.4 Å². The number of amides is 1. The molecule has 2 aromatic rings. The van der Waals surface area contributed by atoms with Crippen LogP contribution in [-0.4, -0.2) is 20.7 Å². The van der Waals surface area contributed by atoms with E-state index in [0.29, 0.717) is 12.3 Å². The molecule has 1 amide bonds. The smallest absolute Gasteiger partial charge is 0.224 e. The van der Waals surface area contributed by atoms with Gasteiger partial charge in [0.05, 0.1) is 0 Å². The van der Waals surface area contributed by atoms with Gasteiger partial charge in [0.15, 0.2) is 5.82 Å². The molecule has 1 aliphatic heterocycles. The molecule has 0 saturated heterocycles. The molecule has 0 atom stereocenters. The topological polar surface area (TPSA) is 59.8 Å². The summed E-state index contributed by atoms with van der Waals surface area (Å²) in [6.45, 7) is 5.25. The Hall–Kier alpha value is -2.17. The van der Waals surface area contributed by atoms with Gasteiger partial charge < -0.3 is 9.88 Å². The van der Waals surface area contributed by atoms with Crippen LogP contribution >= 0.6 is 0 Å². The maximum atomic E-state index is 11.9. The maximum absolute atomic E-state index is 11.9. The van der Waals surface area contributed by atoms with E-state index < -0.39 is 0 Å². The highest BCUT2D eigenvalue weighted by Gasteiger charge is 2.15. The zero-order valence-corrected chi connectivity index (χ0v) is 14.6. The lowest BCUT2D eigenvalue weighted by atomic mass is 10.1. The number of carbonyl (C=O) groups is 1. The molecule has 24 heavy (non-hydrogen) atoms. The summed E-state index contributed by atoms with van der Waals surface area (Å²) in [5.74, 6) is 2.65. The van der Waals surface area contributed by atoms with Crippen LogP contribution in [0.2, 0.25) is 0 Å². The first kappa shape index (κ1) is 16.7. The highest BCUT2D eigenvalue weighted by Crippen LogP contribution is 2.24. The van der Waals surface area contributed by atoms with Gasteiger partial charge in [-0.1, -0.05) is 20.3 Å². The van der Waals surface area contributed by atoms with Gasteiger partial charge in [-0.25, -0.2) is 0 Å². The monoisotopic (exact) mass is 326 g/mol. The minimum Gasteiger partial charge on any atom is -0.326 e. The maximum Gasteiger partial charge on any atom is 0.224 e. The van der Waals surface area contributed by atoms with Crippen molar-refractivity contribution < 1.29 is 4.79 Å². The van der Waals surface area contributed by atoms with Crippen molar-refractivity contribution in [1.29, 1.82) is 0 Å². The zero-order valence-electron chi connectivity index (χ0n) is 14.6. The van der Waals surface area contributed by atoms with Crippen LogP contribution in [0.4, 0.5) is 5.69 Å². The molecular formula is C19H26N4O. The molecule has 1 aromatic carbocycles. The Bertz CT molecular complexity index is 688. The van der Waals surface area contributed by atoms with Crippen molar-refractivity contribution in [1.82, 2.24) is 14.8 Å². The van der Waals surface area contributed by atoms with E-state index in [4.69, 9.17) is 0 Å². The second-order valence-electron chi connectivity index (χ2n) is 6.96. The third-order valence-electron chi connectivity index (χ3n) is 4.49. The normalized spacial score (nSPS) is 14.3. The molecule has 3 rings (SSSR count). The predicted molar refractivity (Wildman–Crippen MR) is 95.7 cm³/mol. The molecule has 0 aliphatic carbocycles. The minimum atomic E-state index is 0.0767. The summed E-state index contributed by atoms with van der Waals surface area (Å²) < 4.78 is 2.24. The van der Waals surface area contributed by atoms with Crippen LogP contribution in [0.15, 0.2) is 24.3 Å². The summed E-state index contributed by atoms with van der Waals surface area (Å²) in [4.78, 5) is 11.9. The zero-order chi connectivity index (χ0) is 16.9. The lowest BCUT2D eigenvalue weighted by Gasteiger charge is -2.09. The third kappa shape index (κ3) is 4.02. The van der Waals surface area contributed by atoms with E-state index in [1.807, 2.05) is 24.3 Å². The predicted octanol–water partition coefficient (Wildman–Crippen LogP) is 4.05. The fraction of sp³-hybridized carbons (Fsp3) is 0.526. The summed E-state index contributed by atoms with van der Waals surface area (Å²) in [6, 6.07) is 7.92. The molecular weight excluding hydrogens is 300 g/mol. The molecule has 0 unspecified atom stereocenters. The van der Waals surface area contributed by atoms with Crippen LogP contribution in [-0.2, 0) is 17.8 Å². The number of aryl methyl sites for hydroxylation is 1. The average Bonchev–Trinajstić information content (AvgIpc) is 2.82. The van der Waals surface area contributed by atoms with Crippen molar-refractivity contribution in [3.05, 3.63) is 30.1 Å². The number of aromatic nitrogens is 3. The molecule has 5 nitrogen and oxygen atoms in total. The fourth-order valence-electron chi connectivity index (χ4n) is 3.04. The second-order valence-corrected chi connectivity index (χ2v) is 6.96. The van der Waals surface area contributed by atoms with Gasteiger partial charge in [0.2, 0.25) is 5.91 Å². The largest absolute Gasteiger partial charge is 0.326 e. The van der Waals surface area contributed by atoms with E-state index in [1.54, 1.807) is 0 Å². The van der Waals surface area contributed by atoms with Crippen LogP contribution in [0.3, 0.4) is 0 Å². The van der Waals surface area contributed by atoms with Crippen molar-refractivity contribution in [3.8, 4) is 11.4 Å². The number of fused-ring (bicyclic) bond motifs is 1. The molecule has 0 spiro atoms. The molecule has 0 bridgehead atoms. The van der Waals surface area contributed by atoms with Crippen LogP contribution in [0, 0.1) is 5.92 Å². The number of nitrogens with zero attached hydrogens (tertiary/aromatic N) is 3. The molecule has 1 aromatic heterocycles. The van der Waals surface area contributed by atoms with Crippen LogP contribution in [0.25, 0.3) is 11.4 Å². The lowest BCUT2D eigenvalue weighted by molar-refractivity contribution is -0.116. The Balaban J connectivity index is 1.69. The highest BCUT2D eigenvalue weighted by molar-refractivity contribution is 5.90. The number of hydrogen-bond donors (Lipinski definition) is 1. The van der Waals surface area contributed by atoms with Crippen LogP contribution < -0.4 is 5.32 Å². The molecule has 128 valence electrons. The Kier molecular flexibility index (Phi) is 5.28. The van der Waals surface area contributed by atoms with Crippen LogP contribution in [0.5, 0.6) is 0 Å². The minimum absolute atomic E-state index is 0.0767. The SMILES string of the molecule is CC(C)CCC(=O)Nc1ccc(-c2nnc3n2CCCCC3)cc1. The Morgan fingerprint density at radius 2 is 1.96 bits per heavy atom. The first-order valence-corrected chi connectivity index (χ1v) is 8.96. The highest BCUT2D eigenvalue weighted by atomic mass is 16.1. The summed E-state index contributed by atoms with van der Waals surface area (Å²) in [6.07, 6.45) is 6.12. The summed E-state index contributed by atoms with van der Waals surface area (Å²) in [5, 5.41) is 11.7. The molecule has 0 saturated carbocycles. The van der Waals surface area contributed by atoms with Gasteiger partial charge in [-0.3, -0.25) is 4.79 Å². The number of rotatable bonds is 5. The van der Waals surface area contributed by atoms with Crippen molar-refractivity contribution in [2.45, 2.75) is 58.9 Å². The Morgan fingerprint density at radius 3 is 2.71 bits per heavy atom. The van der Waals surface area contributed by atoms with Gasteiger partial charge in [-0.15, -0.1) is 10.2 Å². The number of benzene rings is 1. The van der Waals surface area contributed by atoms with Gasteiger partial charge in [0.1, 0.15) is 5.82 Å². The number of carbonyl (C=O) groups excluding carboxylic acids is 1. The Morgan fingerprint density at radius 1 is 1.17 bits per heavy atom. The van der Waals surface area contributed by atoms with Crippen molar-refractivity contribution in [2.24, 2.45) is 5.92 Å². The lowest BCUT2D eigenvalue weighted by Crippen LogP contribution is -2.12. The number of nitrogens with one attached hydrogen (secondary N) is 1. The van der Waals surface area contributed by atoms with Crippen LogP contribution in [0.1, 0.15) is 51.8 Å². The molecule has 1 N–H and O–H groups in total. The van der Waals surface area contributed by atoms with E-state index in [0.717, 1.165) is 42.3 Å². The van der Waals surface area contributed by atoms with E-state index >= 15 is 0 Å². The van der Waals surface area contributed by atoms with Gasteiger partial charge in [0, 0.05) is 30.6 Å². The number of hydrogen-bond acceptors (Lipinski definition) is 3. The molecule has 5 heteroatoms. The molecule has 2 heterocycles. The fourth-order valence-corrected chi connectivity index (χ4v) is 3.04. The second kappa shape index (κ2) is 7.60. The van der Waals surface area contributed by atoms with Gasteiger partial charge in [0.25, 0.3) is 0 Å². The summed E-state index contributed by atoms with van der Waals surface area (Å²) >= 11 is 0. The summed E-state index contributed by atoms with van der Waals surface area (Å²) in [7, 11) is 0. The van der Waals surface area contributed by atoms with E-state index in [9.17, 15) is 4.79 Å². The van der Waals surface area contributed by atoms with Crippen molar-refractivity contribution in [2.75, 3.05) is 5.32 Å². The molecule has 0 radical (unpaired) electrons. The third-order valence-corrected chi connectivity index (χ3v) is 4.49. The van der Waals surface area contributed by atoms with Gasteiger partial charge in [-0.2, -0.15) is 0 Å². The Labute approximate surface area is 143 Å². The van der Waals surface area contributed by atoms with E-state index in [1.165, 1.54) is 19.3 Å². The standard InChI is InChI=1S/C19H26N4O/c1-14(2)7-12-18(24)20-16-10-8-15(9-11-16)19-22-21-17-6-4-3-5-13-23(17)19/h8-11,14H,3-7,12-13H2,1-2H3,(H,20,24). The van der Waals surface area contributed by atoms with Crippen molar-refractivity contribution in [3.63, 3.8) is 0 Å². The first-order chi connectivity index (χ1) is 11.6. The molecule has 1 aliphatic rings. The van der Waals surface area contributed by atoms with E-state index in [-0.39, 0.29) is 5.91 Å². The number of anilines is 1. The van der Waals surface area contributed by atoms with Crippen molar-refractivity contribution >= 4 is 11.6 Å². The van der Waals surface area contributed by atoms with Gasteiger partial charge >= 0.3 is 0 Å². The van der Waals surface area contributed by atoms with E-state index in [2.05, 4.69) is 33.9 Å². The summed E-state index contributed by atoms with van der Waals surface area (Å²) in [5.41, 5.74) is 1.89. The first-order valence-electron chi connectivity index (χ1n) is 8.96. The average molecular weight is 326 g/mol.